The van der Waals surface area contributed by atoms with Crippen LogP contribution in [0.3, 0.4) is 0 Å². The molecule has 0 bridgehead atoms. The highest BCUT2D eigenvalue weighted by Crippen LogP contribution is 2.41. The zero-order chi connectivity index (χ0) is 14.1. The molecule has 1 fully saturated rings. The fourth-order valence-electron chi connectivity index (χ4n) is 2.81. The summed E-state index contributed by atoms with van der Waals surface area (Å²) >= 11 is 1.51. The Kier molecular flexibility index (Phi) is 3.61. The molecule has 1 atom stereocenters. The fraction of sp³-hybridized carbons (Fsp3) is 0.467. The van der Waals surface area contributed by atoms with Crippen molar-refractivity contribution in [3.63, 3.8) is 0 Å². The van der Waals surface area contributed by atoms with E-state index in [0.717, 1.165) is 36.1 Å². The predicted molar refractivity (Wildman–Crippen MR) is 84.9 cm³/mol. The first-order chi connectivity index (χ1) is 9.66. The van der Waals surface area contributed by atoms with Crippen LogP contribution in [0, 0.1) is 11.8 Å². The summed E-state index contributed by atoms with van der Waals surface area (Å²) in [5.74, 6) is 2.13. The van der Waals surface area contributed by atoms with Crippen molar-refractivity contribution in [3.05, 3.63) is 24.5 Å². The van der Waals surface area contributed by atoms with Crippen LogP contribution in [0.15, 0.2) is 24.5 Å². The second-order valence-corrected chi connectivity index (χ2v) is 6.47. The average molecular weight is 288 g/mol. The first-order valence-electron chi connectivity index (χ1n) is 7.07. The first kappa shape index (κ1) is 13.4. The minimum absolute atomic E-state index is 0.629. The van der Waals surface area contributed by atoms with Crippen molar-refractivity contribution in [3.8, 4) is 11.1 Å². The van der Waals surface area contributed by atoms with Crippen molar-refractivity contribution in [2.24, 2.45) is 11.8 Å². The summed E-state index contributed by atoms with van der Waals surface area (Å²) in [6.07, 6.45) is 4.86. The van der Waals surface area contributed by atoms with Gasteiger partial charge in [-0.25, -0.2) is 0 Å². The van der Waals surface area contributed by atoms with E-state index in [1.165, 1.54) is 23.0 Å². The van der Waals surface area contributed by atoms with Crippen LogP contribution < -0.4 is 10.6 Å². The van der Waals surface area contributed by atoms with E-state index < -0.39 is 0 Å². The monoisotopic (exact) mass is 288 g/mol. The van der Waals surface area contributed by atoms with Gasteiger partial charge in [0, 0.05) is 25.5 Å². The van der Waals surface area contributed by atoms with E-state index in [0.29, 0.717) is 5.82 Å². The molecular formula is C15H20N4S. The molecule has 3 heterocycles. The maximum atomic E-state index is 6.09. The van der Waals surface area contributed by atoms with Crippen molar-refractivity contribution in [2.45, 2.75) is 20.3 Å². The standard InChI is InChI=1S/C15H20N4S/c1-10(2)12-5-8-19(9-12)15-13(14(16)18-20-15)11-3-6-17-7-4-11/h3-4,6-7,10,12H,5,8-9H2,1-2H3,(H2,16,18). The molecule has 3 rings (SSSR count). The van der Waals surface area contributed by atoms with Gasteiger partial charge in [0.05, 0.1) is 5.56 Å². The molecule has 0 spiro atoms. The molecule has 0 aromatic carbocycles. The highest BCUT2D eigenvalue weighted by molar-refractivity contribution is 7.11. The smallest absolute Gasteiger partial charge is 0.147 e. The highest BCUT2D eigenvalue weighted by Gasteiger charge is 2.28. The third-order valence-corrected chi connectivity index (χ3v) is 5.05. The summed E-state index contributed by atoms with van der Waals surface area (Å²) in [5, 5.41) is 1.21. The molecule has 0 aliphatic carbocycles. The molecule has 0 saturated carbocycles. The van der Waals surface area contributed by atoms with Crippen LogP contribution >= 0.6 is 11.5 Å². The van der Waals surface area contributed by atoms with E-state index >= 15 is 0 Å². The molecule has 106 valence electrons. The molecule has 20 heavy (non-hydrogen) atoms. The van der Waals surface area contributed by atoms with Gasteiger partial charge < -0.3 is 10.6 Å². The normalized spacial score (nSPS) is 18.9. The van der Waals surface area contributed by atoms with Gasteiger partial charge >= 0.3 is 0 Å². The lowest BCUT2D eigenvalue weighted by Gasteiger charge is -2.19. The molecule has 2 aromatic rings. The first-order valence-corrected chi connectivity index (χ1v) is 7.84. The van der Waals surface area contributed by atoms with Crippen LogP contribution in [0.4, 0.5) is 10.8 Å². The van der Waals surface area contributed by atoms with Gasteiger partial charge in [0.15, 0.2) is 0 Å². The van der Waals surface area contributed by atoms with Gasteiger partial charge in [0.1, 0.15) is 10.8 Å². The predicted octanol–water partition coefficient (Wildman–Crippen LogP) is 3.27. The molecule has 1 aliphatic heterocycles. The maximum absolute atomic E-state index is 6.09. The summed E-state index contributed by atoms with van der Waals surface area (Å²) < 4.78 is 4.36. The Labute approximate surface area is 123 Å². The number of hydrogen-bond donors (Lipinski definition) is 1. The van der Waals surface area contributed by atoms with Crippen LogP contribution in [-0.4, -0.2) is 22.4 Å². The number of anilines is 2. The second kappa shape index (κ2) is 5.40. The Bertz CT molecular complexity index is 579. The lowest BCUT2D eigenvalue weighted by molar-refractivity contribution is 0.423. The largest absolute Gasteiger partial charge is 0.382 e. The van der Waals surface area contributed by atoms with E-state index in [4.69, 9.17) is 5.73 Å². The van der Waals surface area contributed by atoms with E-state index in [9.17, 15) is 0 Å². The number of nitrogens with zero attached hydrogens (tertiary/aromatic N) is 3. The quantitative estimate of drug-likeness (QED) is 0.941. The second-order valence-electron chi connectivity index (χ2n) is 5.72. The van der Waals surface area contributed by atoms with Crippen molar-refractivity contribution in [1.29, 1.82) is 0 Å². The van der Waals surface area contributed by atoms with Crippen molar-refractivity contribution < 1.29 is 0 Å². The fourth-order valence-corrected chi connectivity index (χ4v) is 3.69. The van der Waals surface area contributed by atoms with E-state index in [-0.39, 0.29) is 0 Å². The number of nitrogen functional groups attached to an aromatic ring is 1. The Morgan fingerprint density at radius 3 is 2.75 bits per heavy atom. The zero-order valence-corrected chi connectivity index (χ0v) is 12.7. The molecule has 1 aliphatic rings. The molecule has 0 radical (unpaired) electrons. The molecule has 0 amide bonds. The molecule has 2 aromatic heterocycles. The lowest BCUT2D eigenvalue weighted by Crippen LogP contribution is -2.20. The number of hydrogen-bond acceptors (Lipinski definition) is 5. The van der Waals surface area contributed by atoms with E-state index in [1.807, 2.05) is 12.1 Å². The average Bonchev–Trinajstić information content (AvgIpc) is 3.06. The molecular weight excluding hydrogens is 268 g/mol. The van der Waals surface area contributed by atoms with E-state index in [1.54, 1.807) is 12.4 Å². The maximum Gasteiger partial charge on any atom is 0.147 e. The van der Waals surface area contributed by atoms with Gasteiger partial charge in [-0.1, -0.05) is 13.8 Å². The third kappa shape index (κ3) is 2.38. The van der Waals surface area contributed by atoms with Gasteiger partial charge in [0.25, 0.3) is 0 Å². The summed E-state index contributed by atoms with van der Waals surface area (Å²) in [7, 11) is 0. The van der Waals surface area contributed by atoms with Crippen molar-refractivity contribution in [1.82, 2.24) is 9.36 Å². The topological polar surface area (TPSA) is 55.0 Å². The molecule has 5 heteroatoms. The van der Waals surface area contributed by atoms with Crippen LogP contribution in [0.2, 0.25) is 0 Å². The van der Waals surface area contributed by atoms with Gasteiger partial charge in [-0.15, -0.1) is 0 Å². The van der Waals surface area contributed by atoms with Gasteiger partial charge in [-0.2, -0.15) is 4.37 Å². The summed E-state index contributed by atoms with van der Waals surface area (Å²) in [6, 6.07) is 4.00. The minimum atomic E-state index is 0.629. The van der Waals surface area contributed by atoms with Crippen molar-refractivity contribution in [2.75, 3.05) is 23.7 Å². The summed E-state index contributed by atoms with van der Waals surface area (Å²) in [4.78, 5) is 6.51. The van der Waals surface area contributed by atoms with Crippen LogP contribution in [-0.2, 0) is 0 Å². The van der Waals surface area contributed by atoms with Crippen molar-refractivity contribution >= 4 is 22.4 Å². The van der Waals surface area contributed by atoms with Crippen LogP contribution in [0.5, 0.6) is 0 Å². The van der Waals surface area contributed by atoms with E-state index in [2.05, 4.69) is 28.1 Å². The summed E-state index contributed by atoms with van der Waals surface area (Å²) in [6.45, 7) is 6.82. The molecule has 2 N–H and O–H groups in total. The Morgan fingerprint density at radius 2 is 2.10 bits per heavy atom. The van der Waals surface area contributed by atoms with Crippen LogP contribution in [0.25, 0.3) is 11.1 Å². The zero-order valence-electron chi connectivity index (χ0n) is 11.9. The Balaban J connectivity index is 1.93. The minimum Gasteiger partial charge on any atom is -0.382 e. The Morgan fingerprint density at radius 1 is 1.35 bits per heavy atom. The highest BCUT2D eigenvalue weighted by atomic mass is 32.1. The number of pyridine rings is 1. The van der Waals surface area contributed by atoms with Gasteiger partial charge in [-0.3, -0.25) is 4.98 Å². The SMILES string of the molecule is CC(C)C1CCN(c2snc(N)c2-c2ccncc2)C1. The summed E-state index contributed by atoms with van der Waals surface area (Å²) in [5.41, 5.74) is 8.26. The number of rotatable bonds is 3. The molecule has 4 nitrogen and oxygen atoms in total. The number of aromatic nitrogens is 2. The third-order valence-electron chi connectivity index (χ3n) is 4.12. The molecule has 1 saturated heterocycles. The van der Waals surface area contributed by atoms with Gasteiger partial charge in [0.2, 0.25) is 0 Å². The lowest BCUT2D eigenvalue weighted by atomic mass is 9.95. The van der Waals surface area contributed by atoms with Gasteiger partial charge in [-0.05, 0) is 47.5 Å². The number of nitrogens with two attached hydrogens (primary N) is 1. The Hall–Kier alpha value is -1.62. The molecule has 1 unspecified atom stereocenters. The van der Waals surface area contributed by atoms with Crippen LogP contribution in [0.1, 0.15) is 20.3 Å².